The van der Waals surface area contributed by atoms with Crippen LogP contribution in [0.15, 0.2) is 23.6 Å². The van der Waals surface area contributed by atoms with Crippen LogP contribution in [0, 0.1) is 11.8 Å². The fourth-order valence-electron chi connectivity index (χ4n) is 6.66. The summed E-state index contributed by atoms with van der Waals surface area (Å²) in [5.41, 5.74) is 4.32. The van der Waals surface area contributed by atoms with Gasteiger partial charge in [-0.2, -0.15) is 0 Å². The van der Waals surface area contributed by atoms with Gasteiger partial charge in [-0.05, 0) is 161 Å². The first kappa shape index (κ1) is 49.4. The number of nitrogens with one attached hydrogen (secondary N) is 4. The van der Waals surface area contributed by atoms with Crippen LogP contribution < -0.4 is 27.0 Å². The molecule has 0 unspecified atom stereocenters. The van der Waals surface area contributed by atoms with Crippen molar-refractivity contribution in [2.45, 2.75) is 161 Å². The molecule has 1 heterocycles. The summed E-state index contributed by atoms with van der Waals surface area (Å²) in [4.78, 5) is 79.4. The molecule has 1 aromatic heterocycles. The molecule has 0 aliphatic heterocycles. The fourth-order valence-corrected chi connectivity index (χ4v) is 7.78. The predicted octanol–water partition coefficient (Wildman–Crippen LogP) is 6.48. The maximum Gasteiger partial charge on any atom is 0.329 e. The molecule has 1 aliphatic rings. The van der Waals surface area contributed by atoms with Gasteiger partial charge in [0.05, 0.1) is 0 Å². The highest BCUT2D eigenvalue weighted by molar-refractivity contribution is 7.17. The van der Waals surface area contributed by atoms with Crippen molar-refractivity contribution >= 4 is 68.8 Å². The molecule has 0 bridgehead atoms. The van der Waals surface area contributed by atoms with E-state index in [1.54, 1.807) is 73.7 Å². The Morgan fingerprint density at radius 2 is 1.36 bits per heavy atom. The molecule has 1 fully saturated rings. The van der Waals surface area contributed by atoms with Crippen LogP contribution in [-0.4, -0.2) is 83.8 Å². The number of thiophene rings is 1. The minimum absolute atomic E-state index is 0.0959. The fraction of sp³-hybridized carbons (Fsp3) is 0.674. The lowest BCUT2D eigenvalue weighted by Gasteiger charge is -2.28. The SMILES string of the molecule is CC(C)(C)OC(=O)CC[C@H](NC(=O)N[C@@H](CCCCNC(=O)[C@@H](Cc1csc2ccc(Cl)cc12)NC(=O)C1CCC(CN)CC1)C(=O)OC(C)(C)C)C(=O)OC(C)(C)C. The van der Waals surface area contributed by atoms with E-state index in [0.29, 0.717) is 30.3 Å². The summed E-state index contributed by atoms with van der Waals surface area (Å²) in [6.07, 6.45) is 4.19. The van der Waals surface area contributed by atoms with Gasteiger partial charge in [-0.3, -0.25) is 14.4 Å². The second-order valence-corrected chi connectivity index (χ2v) is 19.7. The Bertz CT molecular complexity index is 1760. The average molecular weight is 865 g/mol. The van der Waals surface area contributed by atoms with Gasteiger partial charge in [-0.25, -0.2) is 14.4 Å². The van der Waals surface area contributed by atoms with Crippen LogP contribution in [0.1, 0.15) is 126 Å². The maximum absolute atomic E-state index is 13.7. The highest BCUT2D eigenvalue weighted by atomic mass is 35.5. The second kappa shape index (κ2) is 22.1. The van der Waals surface area contributed by atoms with Gasteiger partial charge in [-0.15, -0.1) is 11.3 Å². The monoisotopic (exact) mass is 863 g/mol. The van der Waals surface area contributed by atoms with Crippen LogP contribution >= 0.6 is 22.9 Å². The molecule has 3 atom stereocenters. The lowest BCUT2D eigenvalue weighted by Crippen LogP contribution is -2.53. The van der Waals surface area contributed by atoms with Crippen LogP contribution in [0.5, 0.6) is 0 Å². The van der Waals surface area contributed by atoms with Crippen LogP contribution in [-0.2, 0) is 44.6 Å². The van der Waals surface area contributed by atoms with E-state index < -0.39 is 58.9 Å². The number of ether oxygens (including phenoxy) is 3. The molecule has 59 heavy (non-hydrogen) atoms. The predicted molar refractivity (Wildman–Crippen MR) is 230 cm³/mol. The Hall–Kier alpha value is -3.95. The zero-order valence-corrected chi connectivity index (χ0v) is 37.8. The second-order valence-electron chi connectivity index (χ2n) is 18.3. The summed E-state index contributed by atoms with van der Waals surface area (Å²) in [6.45, 7) is 16.2. The summed E-state index contributed by atoms with van der Waals surface area (Å²) in [5.74, 6) is -2.24. The molecule has 0 spiro atoms. The van der Waals surface area contributed by atoms with E-state index >= 15 is 0 Å². The number of hydrogen-bond donors (Lipinski definition) is 5. The minimum atomic E-state index is -1.21. The van der Waals surface area contributed by atoms with E-state index in [4.69, 9.17) is 31.5 Å². The van der Waals surface area contributed by atoms with Crippen molar-refractivity contribution in [2.24, 2.45) is 17.6 Å². The van der Waals surface area contributed by atoms with Gasteiger partial charge in [0.15, 0.2) is 0 Å². The van der Waals surface area contributed by atoms with Crippen molar-refractivity contribution in [1.29, 1.82) is 0 Å². The quantitative estimate of drug-likeness (QED) is 0.0627. The van der Waals surface area contributed by atoms with Crippen molar-refractivity contribution in [3.63, 3.8) is 0 Å². The minimum Gasteiger partial charge on any atom is -0.460 e. The third-order valence-electron chi connectivity index (χ3n) is 9.49. The average Bonchev–Trinajstić information content (AvgIpc) is 3.51. The number of nitrogens with two attached hydrogens (primary N) is 1. The number of fused-ring (bicyclic) bond motifs is 1. The van der Waals surface area contributed by atoms with E-state index in [1.165, 1.54) is 0 Å². The highest BCUT2D eigenvalue weighted by Crippen LogP contribution is 2.31. The largest absolute Gasteiger partial charge is 0.460 e. The molecule has 4 amide bonds. The van der Waals surface area contributed by atoms with E-state index in [2.05, 4.69) is 21.3 Å². The molecule has 1 saturated carbocycles. The zero-order valence-electron chi connectivity index (χ0n) is 36.2. The van der Waals surface area contributed by atoms with Gasteiger partial charge >= 0.3 is 23.9 Å². The van der Waals surface area contributed by atoms with Crippen molar-refractivity contribution in [3.8, 4) is 0 Å². The van der Waals surface area contributed by atoms with Crippen LogP contribution in [0.25, 0.3) is 10.1 Å². The van der Waals surface area contributed by atoms with Crippen molar-refractivity contribution in [3.05, 3.63) is 34.2 Å². The molecule has 6 N–H and O–H groups in total. The number of unbranched alkanes of at least 4 members (excludes halogenated alkanes) is 1. The maximum atomic E-state index is 13.7. The Morgan fingerprint density at radius 1 is 0.780 bits per heavy atom. The van der Waals surface area contributed by atoms with Crippen LogP contribution in [0.2, 0.25) is 5.02 Å². The number of carbonyl (C=O) groups is 6. The molecule has 14 nitrogen and oxygen atoms in total. The van der Waals surface area contributed by atoms with Gasteiger partial charge in [0, 0.05) is 35.0 Å². The van der Waals surface area contributed by atoms with Crippen molar-refractivity contribution in [2.75, 3.05) is 13.1 Å². The topological polar surface area (TPSA) is 204 Å². The number of rotatable bonds is 18. The summed E-state index contributed by atoms with van der Waals surface area (Å²) in [7, 11) is 0. The summed E-state index contributed by atoms with van der Waals surface area (Å²) >= 11 is 7.85. The van der Waals surface area contributed by atoms with Crippen LogP contribution in [0.4, 0.5) is 4.79 Å². The number of esters is 3. The first-order valence-electron chi connectivity index (χ1n) is 20.6. The van der Waals surface area contributed by atoms with Gasteiger partial charge in [0.2, 0.25) is 11.8 Å². The Morgan fingerprint density at radius 3 is 1.92 bits per heavy atom. The Balaban J connectivity index is 1.66. The molecule has 0 radical (unpaired) electrons. The van der Waals surface area contributed by atoms with E-state index in [0.717, 1.165) is 41.3 Å². The highest BCUT2D eigenvalue weighted by Gasteiger charge is 2.33. The molecule has 3 rings (SSSR count). The standard InChI is InChI=1S/C43H66ClN5O9S/c1-41(2,3)56-35(50)20-18-32(39(54)58-43(7,8)9)49-40(55)48-31(38(53)57-42(4,5)6)12-10-11-21-46-37(52)33(47-36(51)27-15-13-26(24-45)14-16-27)22-28-25-59-34-19-17-29(44)23-30(28)34/h17,19,23,25-27,31-33H,10-16,18,20-22,24,45H2,1-9H3,(H,46,52)(H,47,51)(H2,48,49,55)/t26?,27?,31-,32-,33+/m0/s1. The zero-order chi connectivity index (χ0) is 44.1. The summed E-state index contributed by atoms with van der Waals surface area (Å²) in [5, 5.41) is 14.7. The molecule has 0 saturated heterocycles. The number of carbonyl (C=O) groups excluding carboxylic acids is 6. The lowest BCUT2D eigenvalue weighted by atomic mass is 9.81. The van der Waals surface area contributed by atoms with E-state index in [9.17, 15) is 28.8 Å². The van der Waals surface area contributed by atoms with Crippen molar-refractivity contribution < 1.29 is 43.0 Å². The third-order valence-corrected chi connectivity index (χ3v) is 10.7. The molecule has 1 aromatic carbocycles. The number of hydrogen-bond acceptors (Lipinski definition) is 11. The van der Waals surface area contributed by atoms with E-state index in [1.807, 2.05) is 23.6 Å². The van der Waals surface area contributed by atoms with Crippen molar-refractivity contribution in [1.82, 2.24) is 21.3 Å². The molecule has 330 valence electrons. The normalized spacial score (nSPS) is 17.5. The van der Waals surface area contributed by atoms with E-state index in [-0.39, 0.29) is 50.0 Å². The summed E-state index contributed by atoms with van der Waals surface area (Å²) in [6, 6.07) is 1.64. The Kier molecular flexibility index (Phi) is 18.5. The first-order chi connectivity index (χ1) is 27.4. The van der Waals surface area contributed by atoms with Gasteiger partial charge in [0.1, 0.15) is 34.9 Å². The molecular weight excluding hydrogens is 798 g/mol. The van der Waals surface area contributed by atoms with Gasteiger partial charge < -0.3 is 41.2 Å². The number of amides is 4. The summed E-state index contributed by atoms with van der Waals surface area (Å²) < 4.78 is 17.5. The van der Waals surface area contributed by atoms with Crippen LogP contribution in [0.3, 0.4) is 0 Å². The van der Waals surface area contributed by atoms with Gasteiger partial charge in [-0.1, -0.05) is 11.6 Å². The first-order valence-corrected chi connectivity index (χ1v) is 21.9. The third kappa shape index (κ3) is 18.1. The number of urea groups is 1. The molecule has 1 aliphatic carbocycles. The number of halogens is 1. The Labute approximate surface area is 358 Å². The smallest absolute Gasteiger partial charge is 0.329 e. The number of benzene rings is 1. The van der Waals surface area contributed by atoms with Gasteiger partial charge in [0.25, 0.3) is 0 Å². The molecule has 2 aromatic rings. The lowest BCUT2D eigenvalue weighted by molar-refractivity contribution is -0.159. The molecular formula is C43H66ClN5O9S. The molecule has 16 heteroatoms.